The highest BCUT2D eigenvalue weighted by molar-refractivity contribution is 5.73. The van der Waals surface area contributed by atoms with Gasteiger partial charge in [0.25, 0.3) is 0 Å². The smallest absolute Gasteiger partial charge is 0.405 e. The van der Waals surface area contributed by atoms with E-state index in [2.05, 4.69) is 9.97 Å². The number of halogens is 4. The van der Waals surface area contributed by atoms with Crippen LogP contribution >= 0.6 is 0 Å². The molecule has 0 aliphatic carbocycles. The molecule has 5 nitrogen and oxygen atoms in total. The summed E-state index contributed by atoms with van der Waals surface area (Å²) in [5.41, 5.74) is -0.0671. The van der Waals surface area contributed by atoms with Gasteiger partial charge in [0.15, 0.2) is 11.6 Å². The van der Waals surface area contributed by atoms with Crippen molar-refractivity contribution in [1.29, 1.82) is 0 Å². The summed E-state index contributed by atoms with van der Waals surface area (Å²) in [6.45, 7) is -1.03. The zero-order valence-corrected chi connectivity index (χ0v) is 9.91. The Hall–Kier alpha value is -1.93. The van der Waals surface area contributed by atoms with E-state index in [9.17, 15) is 22.4 Å². The van der Waals surface area contributed by atoms with Gasteiger partial charge in [-0.05, 0) is 6.42 Å². The molecule has 0 spiro atoms. The van der Waals surface area contributed by atoms with Gasteiger partial charge in [-0.15, -0.1) is 0 Å². The van der Waals surface area contributed by atoms with E-state index in [1.807, 2.05) is 0 Å². The number of aryl methyl sites for hydroxylation is 1. The average molecular weight is 281 g/mol. The number of hydrogen-bond donors (Lipinski definition) is 1. The monoisotopic (exact) mass is 281 g/mol. The maximum atomic E-state index is 13.8. The van der Waals surface area contributed by atoms with Gasteiger partial charge in [-0.1, -0.05) is 6.92 Å². The molecule has 0 fully saturated rings. The highest BCUT2D eigenvalue weighted by Gasteiger charge is 2.33. The molecule has 0 unspecified atom stereocenters. The summed E-state index contributed by atoms with van der Waals surface area (Å²) in [6, 6.07) is 0. The number of hydrogen-bond acceptors (Lipinski definition) is 4. The van der Waals surface area contributed by atoms with E-state index in [0.717, 1.165) is 6.33 Å². The molecule has 1 aromatic rings. The molecular weight excluding hydrogens is 270 g/mol. The largest absolute Gasteiger partial charge is 0.480 e. The second-order valence-corrected chi connectivity index (χ2v) is 3.68. The predicted octanol–water partition coefficient (Wildman–Crippen LogP) is 1.63. The lowest BCUT2D eigenvalue weighted by atomic mass is 10.3. The molecule has 0 amide bonds. The van der Waals surface area contributed by atoms with Gasteiger partial charge in [-0.3, -0.25) is 4.79 Å². The predicted molar refractivity (Wildman–Crippen MR) is 57.3 cm³/mol. The molecule has 1 rings (SSSR count). The Morgan fingerprint density at radius 2 is 2.05 bits per heavy atom. The lowest BCUT2D eigenvalue weighted by molar-refractivity contribution is -0.136. The summed E-state index contributed by atoms with van der Waals surface area (Å²) in [5.74, 6) is -3.21. The fourth-order valence-electron chi connectivity index (χ4n) is 1.45. The summed E-state index contributed by atoms with van der Waals surface area (Å²) < 4.78 is 50.9. The number of carboxylic acid groups (broad SMARTS) is 1. The average Bonchev–Trinajstić information content (AvgIpc) is 2.26. The van der Waals surface area contributed by atoms with Gasteiger partial charge in [-0.2, -0.15) is 13.2 Å². The highest BCUT2D eigenvalue weighted by atomic mass is 19.4. The van der Waals surface area contributed by atoms with Gasteiger partial charge < -0.3 is 10.0 Å². The van der Waals surface area contributed by atoms with Crippen molar-refractivity contribution in [2.45, 2.75) is 19.5 Å². The number of carboxylic acids is 1. The summed E-state index contributed by atoms with van der Waals surface area (Å²) in [5, 5.41) is 8.58. The molecule has 19 heavy (non-hydrogen) atoms. The highest BCUT2D eigenvalue weighted by Crippen LogP contribution is 2.23. The number of aliphatic carboxylic acids is 1. The molecular formula is C10H11F4N3O2. The molecule has 0 atom stereocenters. The molecule has 0 aromatic carbocycles. The maximum absolute atomic E-state index is 13.8. The van der Waals surface area contributed by atoms with E-state index < -0.39 is 36.9 Å². The SMILES string of the molecule is CCc1ncnc(N(CC(=O)O)CC(F)(F)F)c1F. The number of rotatable bonds is 5. The standard InChI is InChI=1S/C10H11F4N3O2/c1-2-6-8(11)9(16-5-15-6)17(3-7(18)19)4-10(12,13)14/h5H,2-4H2,1H3,(H,18,19). The second kappa shape index (κ2) is 5.81. The molecule has 0 bridgehead atoms. The summed E-state index contributed by atoms with van der Waals surface area (Å²) in [6.07, 6.45) is -3.60. The normalized spacial score (nSPS) is 11.4. The molecule has 0 aliphatic heterocycles. The number of carbonyl (C=O) groups is 1. The van der Waals surface area contributed by atoms with E-state index in [4.69, 9.17) is 5.11 Å². The van der Waals surface area contributed by atoms with Crippen LogP contribution in [0.15, 0.2) is 6.33 Å². The van der Waals surface area contributed by atoms with Crippen molar-refractivity contribution in [3.8, 4) is 0 Å². The molecule has 1 N–H and O–H groups in total. The molecule has 0 radical (unpaired) electrons. The van der Waals surface area contributed by atoms with Crippen LogP contribution in [0.2, 0.25) is 0 Å². The van der Waals surface area contributed by atoms with Gasteiger partial charge in [0.05, 0.1) is 5.69 Å². The Morgan fingerprint density at radius 1 is 1.42 bits per heavy atom. The Balaban J connectivity index is 3.13. The van der Waals surface area contributed by atoms with E-state index in [0.29, 0.717) is 4.90 Å². The van der Waals surface area contributed by atoms with Gasteiger partial charge in [0, 0.05) is 0 Å². The van der Waals surface area contributed by atoms with Crippen LogP contribution in [-0.4, -0.2) is 40.3 Å². The van der Waals surface area contributed by atoms with Crippen LogP contribution in [0, 0.1) is 5.82 Å². The Kier molecular flexibility index (Phi) is 4.62. The minimum atomic E-state index is -4.67. The summed E-state index contributed by atoms with van der Waals surface area (Å²) >= 11 is 0. The van der Waals surface area contributed by atoms with Crippen LogP contribution in [0.4, 0.5) is 23.4 Å². The Morgan fingerprint density at radius 3 is 2.53 bits per heavy atom. The van der Waals surface area contributed by atoms with Crippen molar-refractivity contribution < 1.29 is 27.5 Å². The lowest BCUT2D eigenvalue weighted by Gasteiger charge is -2.23. The van der Waals surface area contributed by atoms with Crippen molar-refractivity contribution in [3.63, 3.8) is 0 Å². The minimum Gasteiger partial charge on any atom is -0.480 e. The molecule has 0 aliphatic rings. The summed E-state index contributed by atoms with van der Waals surface area (Å²) in [4.78, 5) is 17.9. The van der Waals surface area contributed by atoms with Crippen LogP contribution in [0.3, 0.4) is 0 Å². The van der Waals surface area contributed by atoms with E-state index in [1.54, 1.807) is 6.92 Å². The first kappa shape index (κ1) is 15.1. The zero-order chi connectivity index (χ0) is 14.6. The second-order valence-electron chi connectivity index (χ2n) is 3.68. The molecule has 0 saturated heterocycles. The van der Waals surface area contributed by atoms with Gasteiger partial charge in [0.2, 0.25) is 0 Å². The van der Waals surface area contributed by atoms with E-state index in [-0.39, 0.29) is 12.1 Å². The first-order valence-corrected chi connectivity index (χ1v) is 5.27. The summed E-state index contributed by atoms with van der Waals surface area (Å²) in [7, 11) is 0. The van der Waals surface area contributed by atoms with Crippen LogP contribution in [0.25, 0.3) is 0 Å². The number of anilines is 1. The van der Waals surface area contributed by atoms with Crippen molar-refractivity contribution in [2.24, 2.45) is 0 Å². The van der Waals surface area contributed by atoms with Gasteiger partial charge in [-0.25, -0.2) is 14.4 Å². The van der Waals surface area contributed by atoms with Crippen LogP contribution in [0.1, 0.15) is 12.6 Å². The number of aromatic nitrogens is 2. The maximum Gasteiger partial charge on any atom is 0.405 e. The van der Waals surface area contributed by atoms with Crippen molar-refractivity contribution in [1.82, 2.24) is 9.97 Å². The van der Waals surface area contributed by atoms with Crippen LogP contribution < -0.4 is 4.90 Å². The Bertz CT molecular complexity index is 465. The molecule has 106 valence electrons. The van der Waals surface area contributed by atoms with Crippen molar-refractivity contribution in [3.05, 3.63) is 17.8 Å². The number of nitrogens with zero attached hydrogens (tertiary/aromatic N) is 3. The van der Waals surface area contributed by atoms with Crippen molar-refractivity contribution in [2.75, 3.05) is 18.0 Å². The van der Waals surface area contributed by atoms with Crippen LogP contribution in [0.5, 0.6) is 0 Å². The van der Waals surface area contributed by atoms with Gasteiger partial charge >= 0.3 is 12.1 Å². The molecule has 1 aromatic heterocycles. The van der Waals surface area contributed by atoms with Crippen molar-refractivity contribution >= 4 is 11.8 Å². The first-order valence-electron chi connectivity index (χ1n) is 5.27. The van der Waals surface area contributed by atoms with E-state index >= 15 is 0 Å². The fourth-order valence-corrected chi connectivity index (χ4v) is 1.45. The molecule has 1 heterocycles. The third kappa shape index (κ3) is 4.34. The first-order chi connectivity index (χ1) is 8.74. The quantitative estimate of drug-likeness (QED) is 0.831. The van der Waals surface area contributed by atoms with Crippen LogP contribution in [-0.2, 0) is 11.2 Å². The zero-order valence-electron chi connectivity index (χ0n) is 9.91. The Labute approximate surface area is 105 Å². The van der Waals surface area contributed by atoms with E-state index in [1.165, 1.54) is 0 Å². The topological polar surface area (TPSA) is 66.3 Å². The lowest BCUT2D eigenvalue weighted by Crippen LogP contribution is -2.39. The molecule has 9 heteroatoms. The number of alkyl halides is 3. The third-order valence-corrected chi connectivity index (χ3v) is 2.17. The van der Waals surface area contributed by atoms with Gasteiger partial charge in [0.1, 0.15) is 19.4 Å². The minimum absolute atomic E-state index is 0.0671. The third-order valence-electron chi connectivity index (χ3n) is 2.17. The fraction of sp³-hybridized carbons (Fsp3) is 0.500. The molecule has 0 saturated carbocycles.